The quantitative estimate of drug-likeness (QED) is 0.585. The van der Waals surface area contributed by atoms with Crippen LogP contribution in [0.15, 0.2) is 53.6 Å². The van der Waals surface area contributed by atoms with Crippen molar-refractivity contribution in [3.63, 3.8) is 0 Å². The number of benzene rings is 1. The molecule has 1 saturated carbocycles. The second-order valence-electron chi connectivity index (χ2n) is 6.29. The van der Waals surface area contributed by atoms with Gasteiger partial charge in [0.2, 0.25) is 11.8 Å². The molecule has 0 N–H and O–H groups in total. The Morgan fingerprint density at radius 3 is 1.90 bits per heavy atom. The topological polar surface area (TPSA) is 37.4 Å². The Bertz CT molecular complexity index is 663. The van der Waals surface area contributed by atoms with Crippen LogP contribution in [0.2, 0.25) is 0 Å². The molecule has 4 rings (SSSR count). The van der Waals surface area contributed by atoms with E-state index in [0.29, 0.717) is 5.69 Å². The first kappa shape index (κ1) is 12.6. The van der Waals surface area contributed by atoms with Gasteiger partial charge in [-0.25, -0.2) is 4.90 Å². The van der Waals surface area contributed by atoms with E-state index in [1.54, 1.807) is 0 Å². The first-order valence-corrected chi connectivity index (χ1v) is 7.39. The van der Waals surface area contributed by atoms with Gasteiger partial charge in [-0.3, -0.25) is 9.59 Å². The largest absolute Gasteiger partial charge is 0.274 e. The highest BCUT2D eigenvalue weighted by atomic mass is 16.2. The molecule has 0 unspecified atom stereocenters. The van der Waals surface area contributed by atoms with Crippen LogP contribution in [0.1, 0.15) is 13.8 Å². The van der Waals surface area contributed by atoms with Gasteiger partial charge in [0.05, 0.1) is 17.5 Å². The molecule has 106 valence electrons. The molecule has 1 heterocycles. The van der Waals surface area contributed by atoms with E-state index in [1.165, 1.54) is 16.0 Å². The minimum atomic E-state index is -0.197. The van der Waals surface area contributed by atoms with Gasteiger partial charge in [0.25, 0.3) is 0 Å². The normalized spacial score (nSPS) is 33.0. The zero-order valence-electron chi connectivity index (χ0n) is 12.1. The maximum absolute atomic E-state index is 12.8. The van der Waals surface area contributed by atoms with E-state index in [4.69, 9.17) is 0 Å². The molecule has 0 spiro atoms. The summed E-state index contributed by atoms with van der Waals surface area (Å²) < 4.78 is 0. The summed E-state index contributed by atoms with van der Waals surface area (Å²) in [5.74, 6) is -0.223. The van der Waals surface area contributed by atoms with Gasteiger partial charge in [-0.05, 0) is 26.0 Å². The summed E-state index contributed by atoms with van der Waals surface area (Å²) in [4.78, 5) is 27.0. The average molecular weight is 279 g/mol. The fourth-order valence-electron chi connectivity index (χ4n) is 4.26. The van der Waals surface area contributed by atoms with Crippen molar-refractivity contribution in [3.05, 3.63) is 53.6 Å². The maximum atomic E-state index is 12.8. The highest BCUT2D eigenvalue weighted by Gasteiger charge is 2.61. The Morgan fingerprint density at radius 2 is 1.43 bits per heavy atom. The number of para-hydroxylation sites is 1. The number of anilines is 1. The molecule has 4 atom stereocenters. The second-order valence-corrected chi connectivity index (χ2v) is 6.29. The Labute approximate surface area is 123 Å². The van der Waals surface area contributed by atoms with E-state index in [-0.39, 0.29) is 35.5 Å². The van der Waals surface area contributed by atoms with Crippen LogP contribution >= 0.6 is 0 Å². The van der Waals surface area contributed by atoms with Crippen molar-refractivity contribution in [2.75, 3.05) is 4.90 Å². The second kappa shape index (κ2) is 4.17. The van der Waals surface area contributed by atoms with Gasteiger partial charge in [-0.2, -0.15) is 0 Å². The Morgan fingerprint density at radius 1 is 0.905 bits per heavy atom. The third-order valence-electron chi connectivity index (χ3n) is 5.01. The van der Waals surface area contributed by atoms with Crippen molar-refractivity contribution in [1.82, 2.24) is 0 Å². The highest BCUT2D eigenvalue weighted by molar-refractivity contribution is 6.23. The molecule has 0 radical (unpaired) electrons. The maximum Gasteiger partial charge on any atom is 0.238 e. The molecular weight excluding hydrogens is 262 g/mol. The smallest absolute Gasteiger partial charge is 0.238 e. The van der Waals surface area contributed by atoms with E-state index < -0.39 is 0 Å². The van der Waals surface area contributed by atoms with Crippen LogP contribution in [0.4, 0.5) is 5.69 Å². The Hall–Kier alpha value is -2.16. The van der Waals surface area contributed by atoms with E-state index in [1.807, 2.05) is 30.3 Å². The SMILES string of the molecule is CC(C)=C1[C@H]2C=C[C@@H]1[C@@H]1C(=O)N(c3ccccc3)C(=O)[C@H]12. The summed E-state index contributed by atoms with van der Waals surface area (Å²) in [6, 6.07) is 9.26. The minimum absolute atomic E-state index is 0.0354. The molecule has 1 aromatic rings. The number of carbonyl (C=O) groups excluding carboxylic acids is 2. The zero-order valence-corrected chi connectivity index (χ0v) is 12.1. The first-order chi connectivity index (χ1) is 10.1. The number of nitrogens with zero attached hydrogens (tertiary/aromatic N) is 1. The third kappa shape index (κ3) is 1.49. The van der Waals surface area contributed by atoms with Crippen molar-refractivity contribution < 1.29 is 9.59 Å². The molecule has 2 fully saturated rings. The van der Waals surface area contributed by atoms with Crippen LogP contribution in [-0.4, -0.2) is 11.8 Å². The van der Waals surface area contributed by atoms with Crippen molar-refractivity contribution >= 4 is 17.5 Å². The summed E-state index contributed by atoms with van der Waals surface area (Å²) in [6.07, 6.45) is 4.24. The highest BCUT2D eigenvalue weighted by Crippen LogP contribution is 2.57. The fraction of sp³-hybridized carbons (Fsp3) is 0.333. The molecule has 21 heavy (non-hydrogen) atoms. The molecule has 1 saturated heterocycles. The van der Waals surface area contributed by atoms with Gasteiger partial charge in [0.1, 0.15) is 0 Å². The standard InChI is InChI=1S/C18H17NO2/c1-10(2)14-12-8-9-13(14)16-15(12)17(20)19(18(16)21)11-6-4-3-5-7-11/h3-9,12-13,15-16H,1-2H3/t12-,13+,15-,16-/m0/s1. The van der Waals surface area contributed by atoms with Gasteiger partial charge in [-0.1, -0.05) is 41.5 Å². The van der Waals surface area contributed by atoms with Gasteiger partial charge in [0.15, 0.2) is 0 Å². The molecule has 3 aliphatic rings. The summed E-state index contributed by atoms with van der Waals surface area (Å²) in [5, 5.41) is 0. The van der Waals surface area contributed by atoms with Crippen molar-refractivity contribution in [1.29, 1.82) is 0 Å². The van der Waals surface area contributed by atoms with Crippen LogP contribution in [0.25, 0.3) is 0 Å². The lowest BCUT2D eigenvalue weighted by atomic mass is 9.85. The van der Waals surface area contributed by atoms with Gasteiger partial charge >= 0.3 is 0 Å². The van der Waals surface area contributed by atoms with E-state index in [0.717, 1.165) is 0 Å². The van der Waals surface area contributed by atoms with Crippen LogP contribution in [0.3, 0.4) is 0 Å². The predicted octanol–water partition coefficient (Wildman–Crippen LogP) is 2.94. The number of imide groups is 1. The summed E-state index contributed by atoms with van der Waals surface area (Å²) >= 11 is 0. The minimum Gasteiger partial charge on any atom is -0.274 e. The lowest BCUT2D eigenvalue weighted by Crippen LogP contribution is -2.33. The average Bonchev–Trinajstić information content (AvgIpc) is 3.10. The Kier molecular flexibility index (Phi) is 2.49. The molecular formula is C18H17NO2. The molecule has 2 aliphatic carbocycles. The fourth-order valence-corrected chi connectivity index (χ4v) is 4.26. The molecule has 3 nitrogen and oxygen atoms in total. The lowest BCUT2D eigenvalue weighted by molar-refractivity contribution is -0.122. The van der Waals surface area contributed by atoms with Crippen molar-refractivity contribution in [3.8, 4) is 0 Å². The monoisotopic (exact) mass is 279 g/mol. The van der Waals surface area contributed by atoms with Crippen molar-refractivity contribution in [2.45, 2.75) is 13.8 Å². The Balaban J connectivity index is 1.79. The molecule has 1 aliphatic heterocycles. The number of amides is 2. The predicted molar refractivity (Wildman–Crippen MR) is 80.4 cm³/mol. The van der Waals surface area contributed by atoms with Gasteiger partial charge < -0.3 is 0 Å². The zero-order chi connectivity index (χ0) is 14.7. The van der Waals surface area contributed by atoms with Gasteiger partial charge in [0, 0.05) is 11.8 Å². The van der Waals surface area contributed by atoms with Crippen LogP contribution in [0.5, 0.6) is 0 Å². The lowest BCUT2D eigenvalue weighted by Gasteiger charge is -2.19. The van der Waals surface area contributed by atoms with Crippen LogP contribution < -0.4 is 4.90 Å². The molecule has 2 bridgehead atoms. The molecule has 2 amide bonds. The molecule has 0 aromatic heterocycles. The molecule has 1 aromatic carbocycles. The number of allylic oxidation sites excluding steroid dienone is 4. The number of hydrogen-bond acceptors (Lipinski definition) is 2. The van der Waals surface area contributed by atoms with E-state index in [2.05, 4.69) is 26.0 Å². The number of carbonyl (C=O) groups is 2. The van der Waals surface area contributed by atoms with Crippen LogP contribution in [-0.2, 0) is 9.59 Å². The summed E-state index contributed by atoms with van der Waals surface area (Å²) in [5.41, 5.74) is 3.23. The first-order valence-electron chi connectivity index (χ1n) is 7.39. The number of rotatable bonds is 1. The van der Waals surface area contributed by atoms with E-state index in [9.17, 15) is 9.59 Å². The van der Waals surface area contributed by atoms with Crippen LogP contribution in [0, 0.1) is 23.7 Å². The number of hydrogen-bond donors (Lipinski definition) is 0. The van der Waals surface area contributed by atoms with E-state index >= 15 is 0 Å². The van der Waals surface area contributed by atoms with Crippen molar-refractivity contribution in [2.24, 2.45) is 23.7 Å². The third-order valence-corrected chi connectivity index (χ3v) is 5.01. The van der Waals surface area contributed by atoms with Gasteiger partial charge in [-0.15, -0.1) is 0 Å². The molecule has 3 heteroatoms. The summed E-state index contributed by atoms with van der Waals surface area (Å²) in [7, 11) is 0. The number of fused-ring (bicyclic) bond motifs is 5. The summed E-state index contributed by atoms with van der Waals surface area (Å²) in [6.45, 7) is 4.15.